The minimum atomic E-state index is -0.678. The van der Waals surface area contributed by atoms with Gasteiger partial charge >= 0.3 is 0 Å². The van der Waals surface area contributed by atoms with Gasteiger partial charge < -0.3 is 25.3 Å². The minimum absolute atomic E-state index is 0.141. The smallest absolute Gasteiger partial charge is 0.164 e. The third-order valence-electron chi connectivity index (χ3n) is 6.94. The van der Waals surface area contributed by atoms with Crippen molar-refractivity contribution < 1.29 is 14.2 Å². The molecule has 0 saturated carbocycles. The topological polar surface area (TPSA) is 112 Å². The average Bonchev–Trinajstić information content (AvgIpc) is 3.47. The van der Waals surface area contributed by atoms with Crippen molar-refractivity contribution in [2.24, 2.45) is 4.99 Å². The molecule has 0 spiro atoms. The average molecular weight is 514 g/mol. The molecule has 4 rings (SSSR count). The highest BCUT2D eigenvalue weighted by molar-refractivity contribution is 5.81. The van der Waals surface area contributed by atoms with Crippen molar-refractivity contribution >= 4 is 17.2 Å². The Morgan fingerprint density at radius 2 is 2.03 bits per heavy atom. The van der Waals surface area contributed by atoms with Gasteiger partial charge in [-0.25, -0.2) is 9.50 Å². The number of amidine groups is 1. The third kappa shape index (κ3) is 6.31. The summed E-state index contributed by atoms with van der Waals surface area (Å²) in [6.07, 6.45) is 4.72. The zero-order valence-corrected chi connectivity index (χ0v) is 23.3. The van der Waals surface area contributed by atoms with Crippen LogP contribution in [0.15, 0.2) is 35.2 Å². The zero-order valence-electron chi connectivity index (χ0n) is 23.3. The van der Waals surface area contributed by atoms with Crippen LogP contribution in [0.1, 0.15) is 73.1 Å². The molecule has 4 heterocycles. The Balaban J connectivity index is 1.44. The standard InChI is InChI=1S/C27H43N7O3/c1-8-10-18(4)32-19(5)29-13-9-14-33(17(2)3)15-22-24-25(37-27(6,7)36-24)23(35-22)20-11-12-21-26(28)30-16-31-34(20)21/h10-12,16-17,22-25H,8-9,13-15H2,1-7H3,(H,29,32)(H2,28,30,31). The SMILES string of the molecule is CCC=C(C)NC(C)=NCCCN(CC1OC(c2ccc3c(N)ncnn23)C2OC(C)(C)OC12)C(C)C. The molecule has 3 N–H and O–H groups in total. The Labute approximate surface area is 220 Å². The molecule has 0 bridgehead atoms. The van der Waals surface area contributed by atoms with Gasteiger partial charge in [-0.05, 0) is 66.5 Å². The summed E-state index contributed by atoms with van der Waals surface area (Å²) < 4.78 is 21.2. The fourth-order valence-corrected chi connectivity index (χ4v) is 5.25. The first-order chi connectivity index (χ1) is 17.6. The molecule has 10 nitrogen and oxygen atoms in total. The Kier molecular flexibility index (Phi) is 8.52. The van der Waals surface area contributed by atoms with Crippen molar-refractivity contribution in [2.75, 3.05) is 25.4 Å². The Morgan fingerprint density at radius 1 is 1.27 bits per heavy atom. The molecule has 37 heavy (non-hydrogen) atoms. The molecule has 0 radical (unpaired) electrons. The fraction of sp³-hybridized carbons (Fsp3) is 0.667. The maximum atomic E-state index is 6.65. The van der Waals surface area contributed by atoms with Crippen LogP contribution in [0.5, 0.6) is 0 Å². The van der Waals surface area contributed by atoms with Gasteiger partial charge in [0.05, 0.1) is 11.5 Å². The third-order valence-corrected chi connectivity index (χ3v) is 6.94. The van der Waals surface area contributed by atoms with Crippen molar-refractivity contribution in [2.45, 2.75) is 97.6 Å². The monoisotopic (exact) mass is 513 g/mol. The van der Waals surface area contributed by atoms with Crippen molar-refractivity contribution in [1.82, 2.24) is 24.8 Å². The van der Waals surface area contributed by atoms with Crippen LogP contribution < -0.4 is 11.1 Å². The predicted octanol–water partition coefficient (Wildman–Crippen LogP) is 3.69. The molecule has 204 valence electrons. The summed E-state index contributed by atoms with van der Waals surface area (Å²) in [5.41, 5.74) is 8.86. The number of aromatic nitrogens is 3. The van der Waals surface area contributed by atoms with E-state index in [1.54, 1.807) is 4.52 Å². The highest BCUT2D eigenvalue weighted by Crippen LogP contribution is 2.45. The Hall–Kier alpha value is -2.53. The van der Waals surface area contributed by atoms with Gasteiger partial charge in [0.2, 0.25) is 0 Å². The van der Waals surface area contributed by atoms with E-state index in [-0.39, 0.29) is 24.4 Å². The Bertz CT molecular complexity index is 1130. The van der Waals surface area contributed by atoms with Crippen LogP contribution in [-0.2, 0) is 14.2 Å². The lowest BCUT2D eigenvalue weighted by Crippen LogP contribution is -2.43. The molecule has 2 saturated heterocycles. The van der Waals surface area contributed by atoms with Crippen molar-refractivity contribution in [3.8, 4) is 0 Å². The number of nitrogen functional groups attached to an aromatic ring is 1. The molecule has 4 atom stereocenters. The first-order valence-corrected chi connectivity index (χ1v) is 13.4. The number of hydrogen-bond donors (Lipinski definition) is 2. The van der Waals surface area contributed by atoms with Gasteiger partial charge in [-0.15, -0.1) is 0 Å². The quantitative estimate of drug-likeness (QED) is 0.281. The highest BCUT2D eigenvalue weighted by atomic mass is 16.8. The van der Waals surface area contributed by atoms with E-state index in [2.05, 4.69) is 54.1 Å². The van der Waals surface area contributed by atoms with E-state index in [0.717, 1.165) is 55.2 Å². The predicted molar refractivity (Wildman–Crippen MR) is 145 cm³/mol. The summed E-state index contributed by atoms with van der Waals surface area (Å²) in [6, 6.07) is 4.27. The first kappa shape index (κ1) is 27.5. The maximum Gasteiger partial charge on any atom is 0.164 e. The van der Waals surface area contributed by atoms with E-state index in [0.29, 0.717) is 11.9 Å². The lowest BCUT2D eigenvalue weighted by molar-refractivity contribution is -0.190. The minimum Gasteiger partial charge on any atom is -0.382 e. The van der Waals surface area contributed by atoms with E-state index < -0.39 is 5.79 Å². The molecular weight excluding hydrogens is 470 g/mol. The summed E-state index contributed by atoms with van der Waals surface area (Å²) in [5.74, 6) is 0.709. The van der Waals surface area contributed by atoms with Crippen molar-refractivity contribution in [3.05, 3.63) is 35.9 Å². The van der Waals surface area contributed by atoms with E-state index in [1.807, 2.05) is 32.9 Å². The van der Waals surface area contributed by atoms with Crippen LogP contribution in [0.25, 0.3) is 5.52 Å². The van der Waals surface area contributed by atoms with Crippen LogP contribution in [0.4, 0.5) is 5.82 Å². The zero-order chi connectivity index (χ0) is 26.7. The van der Waals surface area contributed by atoms with Gasteiger partial charge in [0.15, 0.2) is 11.6 Å². The number of nitrogens with zero attached hydrogens (tertiary/aromatic N) is 5. The van der Waals surface area contributed by atoms with Gasteiger partial charge in [0, 0.05) is 31.4 Å². The van der Waals surface area contributed by atoms with Gasteiger partial charge in [0.1, 0.15) is 36.3 Å². The molecule has 2 aromatic rings. The number of fused-ring (bicyclic) bond motifs is 2. The Morgan fingerprint density at radius 3 is 2.76 bits per heavy atom. The number of aliphatic imine (C=N–C) groups is 1. The summed E-state index contributed by atoms with van der Waals surface area (Å²) in [4.78, 5) is 11.2. The maximum absolute atomic E-state index is 6.65. The molecule has 2 aromatic heterocycles. The molecule has 0 aliphatic carbocycles. The first-order valence-electron chi connectivity index (χ1n) is 13.4. The van der Waals surface area contributed by atoms with Gasteiger partial charge in [0.25, 0.3) is 0 Å². The molecule has 0 aromatic carbocycles. The second kappa shape index (κ2) is 11.5. The molecule has 10 heteroatoms. The van der Waals surface area contributed by atoms with Crippen LogP contribution >= 0.6 is 0 Å². The number of allylic oxidation sites excluding steroid dienone is 2. The van der Waals surface area contributed by atoms with E-state index in [9.17, 15) is 0 Å². The largest absolute Gasteiger partial charge is 0.382 e. The van der Waals surface area contributed by atoms with E-state index >= 15 is 0 Å². The molecule has 2 aliphatic rings. The molecular formula is C27H43N7O3. The number of hydrogen-bond acceptors (Lipinski definition) is 8. The van der Waals surface area contributed by atoms with Crippen LogP contribution in [0, 0.1) is 0 Å². The number of ether oxygens (including phenoxy) is 3. The summed E-state index contributed by atoms with van der Waals surface area (Å²) in [6.45, 7) is 17.0. The van der Waals surface area contributed by atoms with Crippen LogP contribution in [0.2, 0.25) is 0 Å². The number of nitrogens with one attached hydrogen (secondary N) is 1. The lowest BCUT2D eigenvalue weighted by atomic mass is 10.1. The molecule has 4 unspecified atom stereocenters. The van der Waals surface area contributed by atoms with E-state index in [1.165, 1.54) is 6.33 Å². The van der Waals surface area contributed by atoms with E-state index in [4.69, 9.17) is 24.9 Å². The van der Waals surface area contributed by atoms with Crippen molar-refractivity contribution in [3.63, 3.8) is 0 Å². The highest BCUT2D eigenvalue weighted by Gasteiger charge is 2.56. The summed E-state index contributed by atoms with van der Waals surface area (Å²) in [7, 11) is 0. The lowest BCUT2D eigenvalue weighted by Gasteiger charge is -2.31. The fourth-order valence-electron chi connectivity index (χ4n) is 5.25. The van der Waals surface area contributed by atoms with Gasteiger partial charge in [-0.2, -0.15) is 5.10 Å². The summed E-state index contributed by atoms with van der Waals surface area (Å²) >= 11 is 0. The van der Waals surface area contributed by atoms with Crippen molar-refractivity contribution in [1.29, 1.82) is 0 Å². The second-order valence-corrected chi connectivity index (χ2v) is 10.7. The van der Waals surface area contributed by atoms with Gasteiger partial charge in [-0.1, -0.05) is 13.0 Å². The van der Waals surface area contributed by atoms with Gasteiger partial charge in [-0.3, -0.25) is 9.89 Å². The van der Waals surface area contributed by atoms with Crippen LogP contribution in [-0.4, -0.2) is 75.1 Å². The molecule has 2 fully saturated rings. The number of anilines is 1. The van der Waals surface area contributed by atoms with Crippen LogP contribution in [0.3, 0.4) is 0 Å². The summed E-state index contributed by atoms with van der Waals surface area (Å²) in [5, 5.41) is 7.77. The number of nitrogens with two attached hydrogens (primary N) is 1. The normalized spacial score (nSPS) is 26.0. The molecule has 0 amide bonds. The second-order valence-electron chi connectivity index (χ2n) is 10.7. The number of rotatable bonds is 10. The molecule has 2 aliphatic heterocycles.